The Hall–Kier alpha value is -0.660. The minimum absolute atomic E-state index is 0.127. The van der Waals surface area contributed by atoms with Crippen molar-refractivity contribution in [3.63, 3.8) is 0 Å². The molecule has 1 aromatic carbocycles. The Morgan fingerprint density at radius 3 is 2.59 bits per heavy atom. The maximum absolute atomic E-state index is 12.8. The van der Waals surface area contributed by atoms with Crippen molar-refractivity contribution < 1.29 is 13.2 Å². The van der Waals surface area contributed by atoms with Crippen LogP contribution in [0.15, 0.2) is 22.7 Å². The third kappa shape index (κ3) is 2.19. The topological polar surface area (TPSA) is 38.9 Å². The number of thiazole rings is 1. The lowest BCUT2D eigenvalue weighted by molar-refractivity contribution is -0.184. The van der Waals surface area contributed by atoms with E-state index in [1.165, 1.54) is 0 Å². The van der Waals surface area contributed by atoms with Crippen molar-refractivity contribution in [2.75, 3.05) is 0 Å². The van der Waals surface area contributed by atoms with Gasteiger partial charge in [-0.1, -0.05) is 15.9 Å². The molecule has 2 rings (SSSR count). The van der Waals surface area contributed by atoms with Gasteiger partial charge in [0.05, 0.1) is 10.2 Å². The molecule has 2 nitrogen and oxygen atoms in total. The van der Waals surface area contributed by atoms with Crippen molar-refractivity contribution in [1.82, 2.24) is 4.98 Å². The number of hydrogen-bond donors (Lipinski definition) is 1. The van der Waals surface area contributed by atoms with E-state index in [0.717, 1.165) is 22.7 Å². The Morgan fingerprint density at radius 2 is 2.00 bits per heavy atom. The molecule has 0 aliphatic rings. The van der Waals surface area contributed by atoms with Gasteiger partial charge in [-0.05, 0) is 25.1 Å². The van der Waals surface area contributed by atoms with Crippen molar-refractivity contribution in [1.29, 1.82) is 0 Å². The van der Waals surface area contributed by atoms with Crippen LogP contribution in [0.2, 0.25) is 0 Å². The van der Waals surface area contributed by atoms with Gasteiger partial charge in [0.1, 0.15) is 5.01 Å². The van der Waals surface area contributed by atoms with Gasteiger partial charge < -0.3 is 5.73 Å². The average molecular weight is 325 g/mol. The summed E-state index contributed by atoms with van der Waals surface area (Å²) in [5, 5.41) is -0.127. The molecule has 2 N–H and O–H groups in total. The summed E-state index contributed by atoms with van der Waals surface area (Å²) in [5.74, 6) is 0. The maximum atomic E-state index is 12.8. The van der Waals surface area contributed by atoms with Crippen molar-refractivity contribution in [3.05, 3.63) is 27.7 Å². The molecule has 0 spiro atoms. The smallest absolute Gasteiger partial charge is 0.312 e. The predicted octanol–water partition coefficient (Wildman–Crippen LogP) is 3.80. The van der Waals surface area contributed by atoms with Gasteiger partial charge in [-0.15, -0.1) is 11.3 Å². The van der Waals surface area contributed by atoms with Crippen LogP contribution in [0.25, 0.3) is 10.2 Å². The highest BCUT2D eigenvalue weighted by Gasteiger charge is 2.51. The number of aromatic nitrogens is 1. The number of alkyl halides is 3. The van der Waals surface area contributed by atoms with Gasteiger partial charge in [-0.3, -0.25) is 0 Å². The standard InChI is InChI=1S/C10H8BrF3N2S/c1-9(15,10(12,13)14)8-16-6-3-2-5(11)4-7(6)17-8/h2-4H,15H2,1H3. The zero-order valence-corrected chi connectivity index (χ0v) is 11.1. The van der Waals surface area contributed by atoms with Crippen molar-refractivity contribution in [2.24, 2.45) is 5.73 Å². The summed E-state index contributed by atoms with van der Waals surface area (Å²) in [6.45, 7) is 0.930. The molecule has 2 aromatic rings. The third-order valence-corrected chi connectivity index (χ3v) is 4.13. The van der Waals surface area contributed by atoms with Crippen LogP contribution >= 0.6 is 27.3 Å². The van der Waals surface area contributed by atoms with Crippen molar-refractivity contribution >= 4 is 37.5 Å². The molecule has 1 unspecified atom stereocenters. The molecule has 0 fully saturated rings. The van der Waals surface area contributed by atoms with Crippen LogP contribution in [0.3, 0.4) is 0 Å². The first-order valence-corrected chi connectivity index (χ1v) is 6.25. The Balaban J connectivity index is 2.57. The molecule has 0 amide bonds. The highest BCUT2D eigenvalue weighted by atomic mass is 79.9. The molecule has 1 heterocycles. The number of nitrogens with two attached hydrogens (primary N) is 1. The van der Waals surface area contributed by atoms with Gasteiger partial charge in [0, 0.05) is 4.47 Å². The quantitative estimate of drug-likeness (QED) is 0.866. The molecule has 0 radical (unpaired) electrons. The second kappa shape index (κ2) is 3.93. The van der Waals surface area contributed by atoms with Crippen molar-refractivity contribution in [3.8, 4) is 0 Å². The molecule has 92 valence electrons. The first-order valence-electron chi connectivity index (χ1n) is 4.64. The molecule has 0 saturated heterocycles. The van der Waals surface area contributed by atoms with Gasteiger partial charge >= 0.3 is 6.18 Å². The van der Waals surface area contributed by atoms with E-state index in [-0.39, 0.29) is 5.01 Å². The molecule has 1 aromatic heterocycles. The first kappa shape index (κ1) is 12.8. The second-order valence-corrected chi connectivity index (χ2v) is 5.78. The lowest BCUT2D eigenvalue weighted by Crippen LogP contribution is -2.47. The minimum Gasteiger partial charge on any atom is -0.312 e. The summed E-state index contributed by atoms with van der Waals surface area (Å²) >= 11 is 4.22. The zero-order valence-electron chi connectivity index (χ0n) is 8.68. The van der Waals surface area contributed by atoms with Crippen LogP contribution in [0.5, 0.6) is 0 Å². The lowest BCUT2D eigenvalue weighted by Gasteiger charge is -2.24. The molecular weight excluding hydrogens is 317 g/mol. The van der Waals surface area contributed by atoms with Crippen LogP contribution < -0.4 is 5.73 Å². The Bertz CT molecular complexity index is 562. The fraction of sp³-hybridized carbons (Fsp3) is 0.300. The van der Waals surface area contributed by atoms with E-state index in [0.29, 0.717) is 10.2 Å². The number of fused-ring (bicyclic) bond motifs is 1. The van der Waals surface area contributed by atoms with Crippen LogP contribution in [0.4, 0.5) is 13.2 Å². The van der Waals surface area contributed by atoms with E-state index in [1.54, 1.807) is 18.2 Å². The van der Waals surface area contributed by atoms with E-state index in [2.05, 4.69) is 20.9 Å². The highest BCUT2D eigenvalue weighted by Crippen LogP contribution is 2.39. The van der Waals surface area contributed by atoms with Gasteiger partial charge in [0.2, 0.25) is 0 Å². The molecule has 0 bridgehead atoms. The monoisotopic (exact) mass is 324 g/mol. The zero-order chi connectivity index (χ0) is 12.8. The van der Waals surface area contributed by atoms with Gasteiger partial charge in [0.25, 0.3) is 0 Å². The second-order valence-electron chi connectivity index (χ2n) is 3.83. The molecule has 1 atom stereocenters. The number of benzene rings is 1. The number of rotatable bonds is 1. The van der Waals surface area contributed by atoms with Crippen LogP contribution in [-0.2, 0) is 5.54 Å². The van der Waals surface area contributed by atoms with Crippen LogP contribution in [0, 0.1) is 0 Å². The fourth-order valence-electron chi connectivity index (χ4n) is 1.24. The van der Waals surface area contributed by atoms with E-state index in [4.69, 9.17) is 5.73 Å². The minimum atomic E-state index is -4.52. The predicted molar refractivity (Wildman–Crippen MR) is 64.9 cm³/mol. The Kier molecular flexibility index (Phi) is 2.95. The van der Waals surface area contributed by atoms with E-state index in [1.807, 2.05) is 0 Å². The summed E-state index contributed by atoms with van der Waals surface area (Å²) in [6, 6.07) is 5.11. The molecule has 0 aliphatic carbocycles. The van der Waals surface area contributed by atoms with E-state index in [9.17, 15) is 13.2 Å². The largest absolute Gasteiger partial charge is 0.412 e. The molecule has 0 aliphatic heterocycles. The van der Waals surface area contributed by atoms with Gasteiger partial charge in [-0.2, -0.15) is 13.2 Å². The number of hydrogen-bond acceptors (Lipinski definition) is 3. The number of halogens is 4. The van der Waals surface area contributed by atoms with Gasteiger partial charge in [-0.25, -0.2) is 4.98 Å². The van der Waals surface area contributed by atoms with Crippen LogP contribution in [0.1, 0.15) is 11.9 Å². The van der Waals surface area contributed by atoms with E-state index < -0.39 is 11.7 Å². The molecule has 17 heavy (non-hydrogen) atoms. The molecule has 7 heteroatoms. The summed E-state index contributed by atoms with van der Waals surface area (Å²) in [6.07, 6.45) is -4.52. The number of nitrogens with zero attached hydrogens (tertiary/aromatic N) is 1. The maximum Gasteiger partial charge on any atom is 0.412 e. The molecular formula is C10H8BrF3N2S. The fourth-order valence-corrected chi connectivity index (χ4v) is 2.84. The van der Waals surface area contributed by atoms with E-state index >= 15 is 0 Å². The first-order chi connectivity index (χ1) is 7.72. The lowest BCUT2D eigenvalue weighted by atomic mass is 10.1. The summed E-state index contributed by atoms with van der Waals surface area (Å²) in [4.78, 5) is 3.94. The van der Waals surface area contributed by atoms with Crippen molar-refractivity contribution in [2.45, 2.75) is 18.6 Å². The normalized spacial score (nSPS) is 16.1. The summed E-state index contributed by atoms with van der Waals surface area (Å²) in [7, 11) is 0. The summed E-state index contributed by atoms with van der Waals surface area (Å²) in [5.41, 5.74) is 3.44. The van der Waals surface area contributed by atoms with Gasteiger partial charge in [0.15, 0.2) is 5.54 Å². The highest BCUT2D eigenvalue weighted by molar-refractivity contribution is 9.10. The summed E-state index contributed by atoms with van der Waals surface area (Å²) < 4.78 is 39.8. The average Bonchev–Trinajstić information content (AvgIpc) is 2.58. The SMILES string of the molecule is CC(N)(c1nc2ccc(Br)cc2s1)C(F)(F)F. The van der Waals surface area contributed by atoms with Crippen LogP contribution in [-0.4, -0.2) is 11.2 Å². The third-order valence-electron chi connectivity index (χ3n) is 2.38. The Labute approximate surface area is 108 Å². The Morgan fingerprint density at radius 1 is 1.35 bits per heavy atom. The molecule has 0 saturated carbocycles.